The number of hydrogen-bond donors (Lipinski definition) is 0. The SMILES string of the molecule is C#CCOc1ccccc1/C=C/C(=O)OCc1ccccc1. The van der Waals surface area contributed by atoms with Gasteiger partial charge in [0.25, 0.3) is 0 Å². The lowest BCUT2D eigenvalue weighted by atomic mass is 10.2. The molecule has 0 bridgehead atoms. The molecule has 0 aliphatic heterocycles. The molecule has 0 saturated heterocycles. The van der Waals surface area contributed by atoms with Crippen LogP contribution in [0.3, 0.4) is 0 Å². The summed E-state index contributed by atoms with van der Waals surface area (Å²) in [6, 6.07) is 16.9. The second-order valence-corrected chi connectivity index (χ2v) is 4.46. The van der Waals surface area contributed by atoms with Crippen molar-refractivity contribution in [3.63, 3.8) is 0 Å². The van der Waals surface area contributed by atoms with Crippen LogP contribution in [-0.4, -0.2) is 12.6 Å². The molecule has 0 unspecified atom stereocenters. The molecular formula is C19H16O3. The first-order valence-corrected chi connectivity index (χ1v) is 6.83. The number of hydrogen-bond acceptors (Lipinski definition) is 3. The Labute approximate surface area is 130 Å². The molecule has 110 valence electrons. The first-order valence-electron chi connectivity index (χ1n) is 6.83. The van der Waals surface area contributed by atoms with Crippen LogP contribution in [0.1, 0.15) is 11.1 Å². The average molecular weight is 292 g/mol. The number of ether oxygens (including phenoxy) is 2. The van der Waals surface area contributed by atoms with Crippen molar-refractivity contribution < 1.29 is 14.3 Å². The maximum atomic E-state index is 11.7. The van der Waals surface area contributed by atoms with Crippen LogP contribution in [0, 0.1) is 12.3 Å². The van der Waals surface area contributed by atoms with Gasteiger partial charge in [-0.25, -0.2) is 4.79 Å². The van der Waals surface area contributed by atoms with E-state index < -0.39 is 5.97 Å². The quantitative estimate of drug-likeness (QED) is 0.465. The van der Waals surface area contributed by atoms with Crippen LogP contribution in [0.25, 0.3) is 6.08 Å². The summed E-state index contributed by atoms with van der Waals surface area (Å²) in [6.07, 6.45) is 8.20. The molecule has 2 aromatic carbocycles. The van der Waals surface area contributed by atoms with Gasteiger partial charge in [0.15, 0.2) is 0 Å². The van der Waals surface area contributed by atoms with Gasteiger partial charge in [-0.05, 0) is 17.7 Å². The molecule has 0 amide bonds. The van der Waals surface area contributed by atoms with Gasteiger partial charge in [-0.3, -0.25) is 0 Å². The molecule has 0 radical (unpaired) electrons. The van der Waals surface area contributed by atoms with Crippen molar-refractivity contribution in [1.82, 2.24) is 0 Å². The number of rotatable bonds is 6. The topological polar surface area (TPSA) is 35.5 Å². The van der Waals surface area contributed by atoms with Gasteiger partial charge in [-0.1, -0.05) is 54.5 Å². The van der Waals surface area contributed by atoms with E-state index in [2.05, 4.69) is 5.92 Å². The number of carbonyl (C=O) groups excluding carboxylic acids is 1. The van der Waals surface area contributed by atoms with Crippen LogP contribution in [0.5, 0.6) is 5.75 Å². The van der Waals surface area contributed by atoms with Gasteiger partial charge < -0.3 is 9.47 Å². The van der Waals surface area contributed by atoms with Crippen molar-refractivity contribution in [3.8, 4) is 18.1 Å². The van der Waals surface area contributed by atoms with Crippen LogP contribution >= 0.6 is 0 Å². The Morgan fingerprint density at radius 3 is 2.59 bits per heavy atom. The molecule has 0 fully saturated rings. The first kappa shape index (κ1) is 15.4. The fourth-order valence-electron chi connectivity index (χ4n) is 1.80. The van der Waals surface area contributed by atoms with E-state index in [9.17, 15) is 4.79 Å². The molecule has 0 aromatic heterocycles. The van der Waals surface area contributed by atoms with E-state index >= 15 is 0 Å². The predicted octanol–water partition coefficient (Wildman–Crippen LogP) is 3.46. The lowest BCUT2D eigenvalue weighted by molar-refractivity contribution is -0.138. The minimum Gasteiger partial charge on any atom is -0.480 e. The highest BCUT2D eigenvalue weighted by molar-refractivity contribution is 5.87. The summed E-state index contributed by atoms with van der Waals surface area (Å²) in [5.41, 5.74) is 1.72. The van der Waals surface area contributed by atoms with Gasteiger partial charge in [0, 0.05) is 11.6 Å². The van der Waals surface area contributed by atoms with E-state index in [1.807, 2.05) is 48.5 Å². The number of carbonyl (C=O) groups is 1. The van der Waals surface area contributed by atoms with Crippen LogP contribution in [0.15, 0.2) is 60.7 Å². The molecule has 2 rings (SSSR count). The van der Waals surface area contributed by atoms with Crippen LogP contribution in [0.4, 0.5) is 0 Å². The fraction of sp³-hybridized carbons (Fsp3) is 0.105. The summed E-state index contributed by atoms with van der Waals surface area (Å²) in [4.78, 5) is 11.7. The van der Waals surface area contributed by atoms with Crippen molar-refractivity contribution in [1.29, 1.82) is 0 Å². The third-order valence-electron chi connectivity index (χ3n) is 2.85. The normalized spacial score (nSPS) is 10.1. The summed E-state index contributed by atoms with van der Waals surface area (Å²) < 4.78 is 10.6. The van der Waals surface area contributed by atoms with Gasteiger partial charge in [0.2, 0.25) is 0 Å². The highest BCUT2D eigenvalue weighted by atomic mass is 16.5. The fourth-order valence-corrected chi connectivity index (χ4v) is 1.80. The molecule has 0 saturated carbocycles. The molecule has 22 heavy (non-hydrogen) atoms. The summed E-state index contributed by atoms with van der Waals surface area (Å²) in [7, 11) is 0. The highest BCUT2D eigenvalue weighted by Crippen LogP contribution is 2.19. The predicted molar refractivity (Wildman–Crippen MR) is 86.0 cm³/mol. The van der Waals surface area contributed by atoms with Crippen molar-refractivity contribution in [3.05, 3.63) is 71.8 Å². The number of para-hydroxylation sites is 1. The van der Waals surface area contributed by atoms with Gasteiger partial charge in [0.05, 0.1) is 0 Å². The second-order valence-electron chi connectivity index (χ2n) is 4.46. The largest absolute Gasteiger partial charge is 0.480 e. The van der Waals surface area contributed by atoms with E-state index in [1.165, 1.54) is 6.08 Å². The van der Waals surface area contributed by atoms with Crippen molar-refractivity contribution >= 4 is 12.0 Å². The molecule has 0 N–H and O–H groups in total. The highest BCUT2D eigenvalue weighted by Gasteiger charge is 2.01. The monoisotopic (exact) mass is 292 g/mol. The third kappa shape index (κ3) is 4.84. The molecule has 2 aromatic rings. The van der Waals surface area contributed by atoms with Crippen molar-refractivity contribution in [2.24, 2.45) is 0 Å². The minimum absolute atomic E-state index is 0.184. The Morgan fingerprint density at radius 1 is 1.09 bits per heavy atom. The lowest BCUT2D eigenvalue weighted by Crippen LogP contribution is -2.00. The minimum atomic E-state index is -0.407. The Hall–Kier alpha value is -2.99. The Bertz CT molecular complexity index is 681. The molecule has 0 aliphatic carbocycles. The van der Waals surface area contributed by atoms with Gasteiger partial charge in [-0.2, -0.15) is 0 Å². The Morgan fingerprint density at radius 2 is 1.82 bits per heavy atom. The smallest absolute Gasteiger partial charge is 0.331 e. The maximum Gasteiger partial charge on any atom is 0.331 e. The molecular weight excluding hydrogens is 276 g/mol. The van der Waals surface area contributed by atoms with Crippen LogP contribution in [0.2, 0.25) is 0 Å². The molecule has 0 atom stereocenters. The van der Waals surface area contributed by atoms with Crippen LogP contribution < -0.4 is 4.74 Å². The van der Waals surface area contributed by atoms with Gasteiger partial charge in [0.1, 0.15) is 19.0 Å². The van der Waals surface area contributed by atoms with Crippen molar-refractivity contribution in [2.75, 3.05) is 6.61 Å². The Balaban J connectivity index is 1.94. The van der Waals surface area contributed by atoms with Crippen LogP contribution in [-0.2, 0) is 16.1 Å². The second kappa shape index (κ2) is 8.33. The molecule has 0 spiro atoms. The van der Waals surface area contributed by atoms with Gasteiger partial charge >= 0.3 is 5.97 Å². The maximum absolute atomic E-state index is 11.7. The zero-order valence-corrected chi connectivity index (χ0v) is 12.1. The first-order chi connectivity index (χ1) is 10.8. The summed E-state index contributed by atoms with van der Waals surface area (Å²) in [5, 5.41) is 0. The van der Waals surface area contributed by atoms with E-state index in [-0.39, 0.29) is 13.2 Å². The number of benzene rings is 2. The van der Waals surface area contributed by atoms with E-state index in [4.69, 9.17) is 15.9 Å². The molecule has 3 heteroatoms. The summed E-state index contributed by atoms with van der Waals surface area (Å²) in [6.45, 7) is 0.433. The zero-order chi connectivity index (χ0) is 15.6. The average Bonchev–Trinajstić information content (AvgIpc) is 2.58. The van der Waals surface area contributed by atoms with Gasteiger partial charge in [-0.15, -0.1) is 6.42 Å². The summed E-state index contributed by atoms with van der Waals surface area (Å²) >= 11 is 0. The third-order valence-corrected chi connectivity index (χ3v) is 2.85. The molecule has 0 heterocycles. The molecule has 3 nitrogen and oxygen atoms in total. The van der Waals surface area contributed by atoms with E-state index in [1.54, 1.807) is 12.1 Å². The Kier molecular flexibility index (Phi) is 5.83. The number of esters is 1. The van der Waals surface area contributed by atoms with E-state index in [0.29, 0.717) is 5.75 Å². The van der Waals surface area contributed by atoms with E-state index in [0.717, 1.165) is 11.1 Å². The number of terminal acetylenes is 1. The van der Waals surface area contributed by atoms with Crippen molar-refractivity contribution in [2.45, 2.75) is 6.61 Å². The standard InChI is InChI=1S/C19H16O3/c1-2-14-21-18-11-7-6-10-17(18)12-13-19(20)22-15-16-8-4-3-5-9-16/h1,3-13H,14-15H2/b13-12+. The summed E-state index contributed by atoms with van der Waals surface area (Å²) in [5.74, 6) is 2.63. The molecule has 0 aliphatic rings. The zero-order valence-electron chi connectivity index (χ0n) is 12.1. The lowest BCUT2D eigenvalue weighted by Gasteiger charge is -2.06.